The molecule has 1 aliphatic rings. The molecule has 0 bridgehead atoms. The molecular formula is C16H22BF3O4. The van der Waals surface area contributed by atoms with E-state index in [0.717, 1.165) is 18.2 Å². The highest BCUT2D eigenvalue weighted by Crippen LogP contribution is 2.40. The molecule has 1 fully saturated rings. The molecule has 0 amide bonds. The lowest BCUT2D eigenvalue weighted by atomic mass is 9.74. The molecule has 0 unspecified atom stereocenters. The predicted octanol–water partition coefficient (Wildman–Crippen LogP) is 2.04. The largest absolute Gasteiger partial charge is 0.495 e. The number of halogens is 3. The quantitative estimate of drug-likeness (QED) is 0.820. The Labute approximate surface area is 143 Å². The van der Waals surface area contributed by atoms with Crippen molar-refractivity contribution in [3.8, 4) is 0 Å². The van der Waals surface area contributed by atoms with Crippen LogP contribution in [0.5, 0.6) is 0 Å². The molecule has 0 spiro atoms. The minimum Gasteiger partial charge on any atom is -0.399 e. The van der Waals surface area contributed by atoms with Crippen LogP contribution >= 0.6 is 0 Å². The third kappa shape index (κ3) is 2.96. The lowest BCUT2D eigenvalue weighted by Gasteiger charge is -2.32. The van der Waals surface area contributed by atoms with Gasteiger partial charge in [0.15, 0.2) is 0 Å². The summed E-state index contributed by atoms with van der Waals surface area (Å²) in [7, 11) is -1.25. The zero-order valence-corrected chi connectivity index (χ0v) is 13.9. The molecule has 0 radical (unpaired) electrons. The first-order chi connectivity index (χ1) is 12.0. The number of alkyl halides is 3. The zero-order chi connectivity index (χ0) is 21.1. The molecule has 0 aliphatic carbocycles. The van der Waals surface area contributed by atoms with Gasteiger partial charge in [0.05, 0.1) is 17.8 Å². The van der Waals surface area contributed by atoms with Gasteiger partial charge in [-0.15, -0.1) is 0 Å². The second kappa shape index (κ2) is 5.73. The lowest BCUT2D eigenvalue weighted by Crippen LogP contribution is -2.47. The summed E-state index contributed by atoms with van der Waals surface area (Å²) in [6, 6.07) is 2.67. The molecule has 1 heterocycles. The van der Waals surface area contributed by atoms with Crippen LogP contribution in [0.4, 0.5) is 13.2 Å². The fourth-order valence-electron chi connectivity index (χ4n) is 2.33. The Hall–Kier alpha value is -1.09. The van der Waals surface area contributed by atoms with E-state index in [2.05, 4.69) is 0 Å². The van der Waals surface area contributed by atoms with Gasteiger partial charge in [-0.1, -0.05) is 23.8 Å². The van der Waals surface area contributed by atoms with Crippen molar-refractivity contribution in [2.45, 2.75) is 57.5 Å². The van der Waals surface area contributed by atoms with Crippen LogP contribution < -0.4 is 5.46 Å². The van der Waals surface area contributed by atoms with E-state index in [4.69, 9.17) is 13.4 Å². The number of aryl methyl sites for hydroxylation is 1. The average Bonchev–Trinajstić information content (AvgIpc) is 2.72. The van der Waals surface area contributed by atoms with E-state index in [1.54, 1.807) is 27.7 Å². The van der Waals surface area contributed by atoms with Gasteiger partial charge in [0.1, 0.15) is 0 Å². The van der Waals surface area contributed by atoms with E-state index < -0.39 is 49.1 Å². The van der Waals surface area contributed by atoms with Gasteiger partial charge in [0, 0.05) is 4.11 Å². The monoisotopic (exact) mass is 349 g/mol. The first-order valence-electron chi connectivity index (χ1n) is 8.87. The van der Waals surface area contributed by atoms with E-state index in [9.17, 15) is 23.4 Å². The van der Waals surface area contributed by atoms with Crippen molar-refractivity contribution in [3.05, 3.63) is 29.3 Å². The van der Waals surface area contributed by atoms with Gasteiger partial charge in [0.25, 0.3) is 0 Å². The first kappa shape index (κ1) is 15.2. The molecule has 1 aromatic rings. The normalized spacial score (nSPS) is 24.9. The fraction of sp³-hybridized carbons (Fsp3) is 0.625. The topological polar surface area (TPSA) is 58.9 Å². The first-order valence-corrected chi connectivity index (χ1v) is 7.37. The van der Waals surface area contributed by atoms with Crippen LogP contribution in [0.3, 0.4) is 0 Å². The molecule has 1 aliphatic heterocycles. The molecule has 24 heavy (non-hydrogen) atoms. The number of aliphatic hydroxyl groups is 2. The number of hydrogen-bond acceptors (Lipinski definition) is 4. The molecule has 2 rings (SSSR count). The molecule has 1 aromatic carbocycles. The molecule has 1 saturated heterocycles. The Balaban J connectivity index is 2.65. The maximum Gasteiger partial charge on any atom is 0.495 e. The third-order valence-electron chi connectivity index (χ3n) is 4.73. The highest BCUT2D eigenvalue weighted by atomic mass is 19.4. The van der Waals surface area contributed by atoms with Gasteiger partial charge in [-0.25, -0.2) is 0 Å². The standard InChI is InChI=1S/C16H22BF3O4/c1-10-6-7-11(15(22,9-21)16(18,19)20)8-12(10)17-23-13(2,3)14(4,5)24-17/h6-8,21-22H,9H2,1-5H3/t15-/m1/s1/i1D3. The Bertz CT molecular complexity index is 706. The van der Waals surface area contributed by atoms with Crippen LogP contribution in [0.2, 0.25) is 0 Å². The summed E-state index contributed by atoms with van der Waals surface area (Å²) in [5, 5.41) is 19.2. The number of aliphatic hydroxyl groups excluding tert-OH is 1. The van der Waals surface area contributed by atoms with Gasteiger partial charge in [-0.2, -0.15) is 13.2 Å². The summed E-state index contributed by atoms with van der Waals surface area (Å²) in [5.41, 5.74) is -6.35. The van der Waals surface area contributed by atoms with E-state index in [-0.39, 0.29) is 11.0 Å². The van der Waals surface area contributed by atoms with Gasteiger partial charge in [0.2, 0.25) is 5.60 Å². The Morgan fingerprint density at radius 2 is 1.71 bits per heavy atom. The molecule has 134 valence electrons. The van der Waals surface area contributed by atoms with E-state index in [1.165, 1.54) is 0 Å². The number of rotatable bonds is 3. The maximum absolute atomic E-state index is 13.3. The lowest BCUT2D eigenvalue weighted by molar-refractivity contribution is -0.277. The number of benzene rings is 1. The van der Waals surface area contributed by atoms with Crippen molar-refractivity contribution < 1.29 is 36.8 Å². The predicted molar refractivity (Wildman–Crippen MR) is 83.9 cm³/mol. The molecule has 4 nitrogen and oxygen atoms in total. The summed E-state index contributed by atoms with van der Waals surface area (Å²) in [4.78, 5) is 0. The van der Waals surface area contributed by atoms with Gasteiger partial charge in [-0.3, -0.25) is 0 Å². The summed E-state index contributed by atoms with van der Waals surface area (Å²) in [5.74, 6) is 0. The smallest absolute Gasteiger partial charge is 0.399 e. The van der Waals surface area contributed by atoms with Crippen molar-refractivity contribution >= 4 is 12.6 Å². The zero-order valence-electron chi connectivity index (χ0n) is 16.9. The summed E-state index contributed by atoms with van der Waals surface area (Å²) >= 11 is 0. The van der Waals surface area contributed by atoms with Crippen molar-refractivity contribution in [1.29, 1.82) is 0 Å². The fourth-order valence-corrected chi connectivity index (χ4v) is 2.33. The third-order valence-corrected chi connectivity index (χ3v) is 4.73. The second-order valence-corrected chi connectivity index (χ2v) is 6.91. The van der Waals surface area contributed by atoms with Crippen LogP contribution in [0.15, 0.2) is 18.2 Å². The Kier molecular flexibility index (Phi) is 3.62. The van der Waals surface area contributed by atoms with Gasteiger partial charge < -0.3 is 19.5 Å². The van der Waals surface area contributed by atoms with E-state index >= 15 is 0 Å². The molecular weight excluding hydrogens is 324 g/mol. The summed E-state index contributed by atoms with van der Waals surface area (Å²) < 4.78 is 74.4. The molecule has 0 aromatic heterocycles. The van der Waals surface area contributed by atoms with Crippen LogP contribution in [-0.2, 0) is 14.9 Å². The minimum atomic E-state index is -5.17. The Morgan fingerprint density at radius 1 is 1.17 bits per heavy atom. The highest BCUT2D eigenvalue weighted by Gasteiger charge is 2.56. The molecule has 8 heteroatoms. The molecule has 2 N–H and O–H groups in total. The van der Waals surface area contributed by atoms with Crippen LogP contribution in [0, 0.1) is 6.85 Å². The van der Waals surface area contributed by atoms with Crippen LogP contribution in [0.25, 0.3) is 0 Å². The minimum absolute atomic E-state index is 0.151. The Morgan fingerprint density at radius 3 is 2.12 bits per heavy atom. The second-order valence-electron chi connectivity index (χ2n) is 6.91. The SMILES string of the molecule is [2H]C([2H])([2H])c1ccc([C@](O)(CO)C(F)(F)F)cc1B1OC(C)(C)C(C)(C)O1. The summed E-state index contributed by atoms with van der Waals surface area (Å²) in [6.45, 7) is 2.59. The molecule has 1 atom stereocenters. The van der Waals surface area contributed by atoms with Gasteiger partial charge in [-0.05, 0) is 45.6 Å². The van der Waals surface area contributed by atoms with Crippen molar-refractivity contribution in [2.75, 3.05) is 6.61 Å². The van der Waals surface area contributed by atoms with E-state index in [0.29, 0.717) is 0 Å². The average molecular weight is 349 g/mol. The summed E-state index contributed by atoms with van der Waals surface area (Å²) in [6.07, 6.45) is -5.17. The van der Waals surface area contributed by atoms with E-state index in [1.807, 2.05) is 0 Å². The van der Waals surface area contributed by atoms with Crippen LogP contribution in [0.1, 0.15) is 42.9 Å². The van der Waals surface area contributed by atoms with Crippen molar-refractivity contribution in [1.82, 2.24) is 0 Å². The van der Waals surface area contributed by atoms with Crippen molar-refractivity contribution in [3.63, 3.8) is 0 Å². The highest BCUT2D eigenvalue weighted by molar-refractivity contribution is 6.62. The maximum atomic E-state index is 13.3. The van der Waals surface area contributed by atoms with Crippen molar-refractivity contribution in [2.24, 2.45) is 0 Å². The van der Waals surface area contributed by atoms with Gasteiger partial charge >= 0.3 is 13.3 Å². The van der Waals surface area contributed by atoms with Crippen LogP contribution in [-0.4, -0.2) is 41.3 Å². The molecule has 0 saturated carbocycles. The number of hydrogen-bond donors (Lipinski definition) is 2.